The molecule has 9 heteroatoms. The Kier molecular flexibility index (Phi) is 6.90. The van der Waals surface area contributed by atoms with E-state index < -0.39 is 11.4 Å². The molecule has 0 radical (unpaired) electrons. The maximum Gasteiger partial charge on any atom is 0.341 e. The fourth-order valence-electron chi connectivity index (χ4n) is 2.98. The lowest BCUT2D eigenvalue weighted by atomic mass is 10.1. The van der Waals surface area contributed by atoms with E-state index in [2.05, 4.69) is 5.32 Å². The van der Waals surface area contributed by atoms with E-state index in [1.165, 1.54) is 6.20 Å². The van der Waals surface area contributed by atoms with E-state index >= 15 is 0 Å². The van der Waals surface area contributed by atoms with Crippen LogP contribution in [0.5, 0.6) is 0 Å². The van der Waals surface area contributed by atoms with Crippen LogP contribution >= 0.6 is 11.6 Å². The molecule has 0 atom stereocenters. The molecular formula is C19H24ClN3O5. The Labute approximate surface area is 167 Å². The Morgan fingerprint density at radius 1 is 1.25 bits per heavy atom. The van der Waals surface area contributed by atoms with Crippen molar-refractivity contribution in [2.45, 2.75) is 18.9 Å². The van der Waals surface area contributed by atoms with Gasteiger partial charge in [0, 0.05) is 30.7 Å². The number of halogens is 1. The topological polar surface area (TPSA) is 116 Å². The molecule has 3 rings (SSSR count). The number of ether oxygens (including phenoxy) is 2. The van der Waals surface area contributed by atoms with Crippen molar-refractivity contribution in [1.82, 2.24) is 4.57 Å². The van der Waals surface area contributed by atoms with Gasteiger partial charge in [0.05, 0.1) is 42.7 Å². The largest absolute Gasteiger partial charge is 0.477 e. The Morgan fingerprint density at radius 3 is 2.61 bits per heavy atom. The molecule has 1 aromatic heterocycles. The first kappa shape index (κ1) is 20.6. The summed E-state index contributed by atoms with van der Waals surface area (Å²) in [6.07, 6.45) is 3.34. The van der Waals surface area contributed by atoms with Gasteiger partial charge in [-0.05, 0) is 25.0 Å². The summed E-state index contributed by atoms with van der Waals surface area (Å²) in [5.74, 6) is -1.23. The molecule has 0 amide bonds. The number of nitrogens with one attached hydrogen (secondary N) is 1. The predicted octanol–water partition coefficient (Wildman–Crippen LogP) is 2.09. The van der Waals surface area contributed by atoms with Crippen LogP contribution in [-0.4, -0.2) is 55.2 Å². The van der Waals surface area contributed by atoms with Gasteiger partial charge >= 0.3 is 5.97 Å². The van der Waals surface area contributed by atoms with Crippen LogP contribution in [0.15, 0.2) is 23.1 Å². The third kappa shape index (κ3) is 4.82. The molecule has 2 aromatic rings. The molecule has 1 heterocycles. The van der Waals surface area contributed by atoms with Crippen LogP contribution in [0.25, 0.3) is 10.9 Å². The highest BCUT2D eigenvalue weighted by Gasteiger charge is 2.27. The number of rotatable bonds is 11. The number of aromatic nitrogens is 1. The summed E-state index contributed by atoms with van der Waals surface area (Å²) >= 11 is 6.39. The van der Waals surface area contributed by atoms with Gasteiger partial charge in [-0.2, -0.15) is 0 Å². The summed E-state index contributed by atoms with van der Waals surface area (Å²) in [5, 5.41) is 13.3. The van der Waals surface area contributed by atoms with Gasteiger partial charge in [0.2, 0.25) is 5.43 Å². The highest BCUT2D eigenvalue weighted by molar-refractivity contribution is 6.34. The molecule has 152 valence electrons. The molecule has 1 aromatic carbocycles. The van der Waals surface area contributed by atoms with Crippen molar-refractivity contribution in [1.29, 1.82) is 0 Å². The highest BCUT2D eigenvalue weighted by atomic mass is 35.5. The molecular weight excluding hydrogens is 386 g/mol. The highest BCUT2D eigenvalue weighted by Crippen LogP contribution is 2.38. The van der Waals surface area contributed by atoms with Crippen molar-refractivity contribution in [3.05, 3.63) is 39.1 Å². The number of carbonyl (C=O) groups is 1. The second kappa shape index (κ2) is 9.38. The predicted molar refractivity (Wildman–Crippen MR) is 108 cm³/mol. The molecule has 0 unspecified atom stereocenters. The van der Waals surface area contributed by atoms with E-state index in [0.29, 0.717) is 61.1 Å². The fraction of sp³-hybridized carbons (Fsp3) is 0.474. The van der Waals surface area contributed by atoms with Crippen LogP contribution in [0.2, 0.25) is 5.02 Å². The second-order valence-electron chi connectivity index (χ2n) is 6.60. The third-order valence-corrected chi connectivity index (χ3v) is 4.80. The summed E-state index contributed by atoms with van der Waals surface area (Å²) in [5.41, 5.74) is 5.82. The van der Waals surface area contributed by atoms with Crippen LogP contribution < -0.4 is 16.5 Å². The second-order valence-corrected chi connectivity index (χ2v) is 7.01. The molecule has 0 saturated heterocycles. The quantitative estimate of drug-likeness (QED) is 0.486. The summed E-state index contributed by atoms with van der Waals surface area (Å²) in [4.78, 5) is 24.1. The van der Waals surface area contributed by atoms with E-state index in [-0.39, 0.29) is 11.6 Å². The zero-order valence-electron chi connectivity index (χ0n) is 15.4. The molecule has 0 bridgehead atoms. The number of nitrogens with zero attached hydrogens (tertiary/aromatic N) is 1. The van der Waals surface area contributed by atoms with Gasteiger partial charge in [-0.3, -0.25) is 4.79 Å². The summed E-state index contributed by atoms with van der Waals surface area (Å²) in [6, 6.07) is 3.55. The minimum atomic E-state index is -1.23. The number of hydrogen-bond acceptors (Lipinski definition) is 6. The standard InChI is InChI=1S/C19H24ClN3O5/c20-15-10-17-13(9-16(15)22-4-6-28-8-7-27-5-3-21)18(24)14(19(25)26)11-23(17)12-1-2-12/h9-12,22H,1-8,21H2,(H,25,26). The van der Waals surface area contributed by atoms with E-state index in [1.807, 2.05) is 4.57 Å². The van der Waals surface area contributed by atoms with Crippen LogP contribution in [0.4, 0.5) is 5.69 Å². The smallest absolute Gasteiger partial charge is 0.341 e. The van der Waals surface area contributed by atoms with Crippen molar-refractivity contribution in [2.24, 2.45) is 5.73 Å². The molecule has 4 N–H and O–H groups in total. The Balaban J connectivity index is 1.73. The molecule has 0 aliphatic heterocycles. The van der Waals surface area contributed by atoms with Crippen LogP contribution in [0.3, 0.4) is 0 Å². The average Bonchev–Trinajstić information content (AvgIpc) is 3.49. The lowest BCUT2D eigenvalue weighted by molar-refractivity contribution is 0.0548. The number of hydrogen-bond donors (Lipinski definition) is 3. The van der Waals surface area contributed by atoms with E-state index in [0.717, 1.165) is 12.8 Å². The first-order valence-electron chi connectivity index (χ1n) is 9.24. The van der Waals surface area contributed by atoms with Gasteiger partial charge in [-0.25, -0.2) is 4.79 Å². The Morgan fingerprint density at radius 2 is 1.96 bits per heavy atom. The van der Waals surface area contributed by atoms with Crippen molar-refractivity contribution in [3.8, 4) is 0 Å². The number of pyridine rings is 1. The van der Waals surface area contributed by atoms with E-state index in [9.17, 15) is 14.7 Å². The van der Waals surface area contributed by atoms with Crippen LogP contribution in [0, 0.1) is 0 Å². The molecule has 1 saturated carbocycles. The maximum atomic E-state index is 12.6. The minimum Gasteiger partial charge on any atom is -0.477 e. The molecule has 1 aliphatic carbocycles. The van der Waals surface area contributed by atoms with Crippen LogP contribution in [0.1, 0.15) is 29.2 Å². The monoisotopic (exact) mass is 409 g/mol. The third-order valence-electron chi connectivity index (χ3n) is 4.49. The molecule has 0 spiro atoms. The number of anilines is 1. The number of fused-ring (bicyclic) bond motifs is 1. The van der Waals surface area contributed by atoms with Crippen molar-refractivity contribution in [2.75, 3.05) is 44.8 Å². The summed E-state index contributed by atoms with van der Waals surface area (Å²) in [7, 11) is 0. The maximum absolute atomic E-state index is 12.6. The Bertz CT molecular complexity index is 911. The lowest BCUT2D eigenvalue weighted by Crippen LogP contribution is -2.19. The number of nitrogens with two attached hydrogens (primary N) is 1. The van der Waals surface area contributed by atoms with Gasteiger partial charge in [-0.1, -0.05) is 11.6 Å². The number of carboxylic acids is 1. The molecule has 8 nitrogen and oxygen atoms in total. The average molecular weight is 410 g/mol. The van der Waals surface area contributed by atoms with Crippen molar-refractivity contribution < 1.29 is 19.4 Å². The molecule has 1 aliphatic rings. The van der Waals surface area contributed by atoms with Crippen molar-refractivity contribution in [3.63, 3.8) is 0 Å². The van der Waals surface area contributed by atoms with E-state index in [1.54, 1.807) is 12.1 Å². The lowest BCUT2D eigenvalue weighted by Gasteiger charge is -2.15. The Hall–Kier alpha value is -2.13. The SMILES string of the molecule is NCCOCCOCCNc1cc2c(=O)c(C(=O)O)cn(C3CC3)c2cc1Cl. The van der Waals surface area contributed by atoms with Crippen molar-refractivity contribution >= 4 is 34.2 Å². The number of carboxylic acid groups (broad SMARTS) is 1. The van der Waals surface area contributed by atoms with Gasteiger partial charge in [0.1, 0.15) is 5.56 Å². The number of benzene rings is 1. The number of aromatic carboxylic acids is 1. The molecule has 28 heavy (non-hydrogen) atoms. The van der Waals surface area contributed by atoms with Gasteiger partial charge in [0.25, 0.3) is 0 Å². The van der Waals surface area contributed by atoms with E-state index in [4.69, 9.17) is 26.8 Å². The normalized spacial score (nSPS) is 13.8. The first-order valence-corrected chi connectivity index (χ1v) is 9.62. The summed E-state index contributed by atoms with van der Waals surface area (Å²) < 4.78 is 12.5. The zero-order valence-corrected chi connectivity index (χ0v) is 16.2. The van der Waals surface area contributed by atoms with Gasteiger partial charge in [-0.15, -0.1) is 0 Å². The van der Waals surface area contributed by atoms with Gasteiger partial charge < -0.3 is 30.2 Å². The fourth-order valence-corrected chi connectivity index (χ4v) is 3.20. The van der Waals surface area contributed by atoms with Crippen LogP contribution in [-0.2, 0) is 9.47 Å². The molecule has 1 fully saturated rings. The first-order chi connectivity index (χ1) is 13.5. The zero-order chi connectivity index (χ0) is 20.1. The van der Waals surface area contributed by atoms with Gasteiger partial charge in [0.15, 0.2) is 0 Å². The summed E-state index contributed by atoms with van der Waals surface area (Å²) in [6.45, 7) is 2.84. The minimum absolute atomic E-state index is 0.214.